The molecular weight excluding hydrogens is 809 g/mol. The number of unbranched alkanes of at least 4 members (excludes halogenated alkanes) is 10. The zero-order valence-electron chi connectivity index (χ0n) is 39.8. The molecule has 0 saturated carbocycles. The van der Waals surface area contributed by atoms with Gasteiger partial charge in [0.25, 0.3) is 0 Å². The van der Waals surface area contributed by atoms with Crippen LogP contribution in [0.5, 0.6) is 23.0 Å². The minimum absolute atomic E-state index is 0.0545. The second-order valence-corrected chi connectivity index (χ2v) is 17.1. The summed E-state index contributed by atoms with van der Waals surface area (Å²) in [6.45, 7) is 26.6. The molecule has 0 unspecified atom stereocenters. The van der Waals surface area contributed by atoms with Crippen molar-refractivity contribution in [2.24, 2.45) is 0 Å². The van der Waals surface area contributed by atoms with E-state index in [9.17, 15) is 19.2 Å². The highest BCUT2D eigenvalue weighted by Crippen LogP contribution is 2.36. The molecule has 0 heterocycles. The van der Waals surface area contributed by atoms with Crippen molar-refractivity contribution in [3.63, 3.8) is 0 Å². The fraction of sp³-hybridized carbons (Fsp3) is 0.481. The van der Waals surface area contributed by atoms with E-state index in [1.165, 1.54) is 25.7 Å². The molecule has 0 atom stereocenters. The Kier molecular flexibility index (Phi) is 25.9. The van der Waals surface area contributed by atoms with E-state index >= 15 is 0 Å². The minimum atomic E-state index is -0.432. The van der Waals surface area contributed by atoms with Crippen molar-refractivity contribution in [1.82, 2.24) is 0 Å². The van der Waals surface area contributed by atoms with Gasteiger partial charge in [-0.05, 0) is 151 Å². The first-order valence-electron chi connectivity index (χ1n) is 22.9. The van der Waals surface area contributed by atoms with Crippen molar-refractivity contribution in [2.45, 2.75) is 144 Å². The molecule has 3 rings (SSSR count). The number of benzene rings is 3. The van der Waals surface area contributed by atoms with Crippen molar-refractivity contribution < 1.29 is 47.6 Å². The van der Waals surface area contributed by atoms with Gasteiger partial charge in [-0.15, -0.1) is 0 Å². The van der Waals surface area contributed by atoms with Crippen LogP contribution in [-0.2, 0) is 24.5 Å². The first-order valence-corrected chi connectivity index (χ1v) is 22.9. The summed E-state index contributed by atoms with van der Waals surface area (Å²) in [7, 11) is 0. The third-order valence-electron chi connectivity index (χ3n) is 9.91. The fourth-order valence-electron chi connectivity index (χ4n) is 6.09. The zero-order chi connectivity index (χ0) is 47.3. The molecule has 3 aromatic carbocycles. The molecule has 10 nitrogen and oxygen atoms in total. The van der Waals surface area contributed by atoms with Crippen molar-refractivity contribution in [1.29, 1.82) is 0 Å². The summed E-state index contributed by atoms with van der Waals surface area (Å²) in [5, 5.41) is 0. The van der Waals surface area contributed by atoms with Crippen LogP contribution in [0, 0.1) is 0 Å². The van der Waals surface area contributed by atoms with E-state index in [4.69, 9.17) is 28.4 Å². The van der Waals surface area contributed by atoms with E-state index in [0.29, 0.717) is 60.2 Å². The maximum atomic E-state index is 12.9. The van der Waals surface area contributed by atoms with Gasteiger partial charge in [-0.3, -0.25) is 4.79 Å². The zero-order valence-corrected chi connectivity index (χ0v) is 39.8. The van der Waals surface area contributed by atoms with Crippen LogP contribution in [0.4, 0.5) is 0 Å². The lowest BCUT2D eigenvalue weighted by molar-refractivity contribution is -0.139. The molecule has 0 bridgehead atoms. The SMILES string of the molecule is C=C(C)C(=O)OCCCCCCOc1ccc(C(C)=O)cc1.C=C(CCCCCCC)Oc1ccc(OC(=O)c2ccc(OCCCCCCOC(=O)C(=C)C)cc2)cc1C(C)(C)C. The average molecular weight is 883 g/mol. The Bertz CT molecular complexity index is 1920. The van der Waals surface area contributed by atoms with Gasteiger partial charge in [0.2, 0.25) is 0 Å². The van der Waals surface area contributed by atoms with E-state index in [1.807, 2.05) is 24.3 Å². The predicted octanol–water partition coefficient (Wildman–Crippen LogP) is 13.5. The van der Waals surface area contributed by atoms with Gasteiger partial charge in [-0.25, -0.2) is 14.4 Å². The molecule has 0 saturated heterocycles. The normalized spacial score (nSPS) is 10.7. The summed E-state index contributed by atoms with van der Waals surface area (Å²) in [5.41, 5.74) is 2.73. The lowest BCUT2D eigenvalue weighted by Gasteiger charge is -2.24. The second kappa shape index (κ2) is 30.4. The lowest BCUT2D eigenvalue weighted by atomic mass is 9.86. The number of carbonyl (C=O) groups is 4. The van der Waals surface area contributed by atoms with Crippen LogP contribution in [0.3, 0.4) is 0 Å². The van der Waals surface area contributed by atoms with Crippen LogP contribution >= 0.6 is 0 Å². The van der Waals surface area contributed by atoms with Gasteiger partial charge in [-0.2, -0.15) is 0 Å². The quantitative estimate of drug-likeness (QED) is 0.0166. The van der Waals surface area contributed by atoms with E-state index in [2.05, 4.69) is 47.4 Å². The van der Waals surface area contributed by atoms with Crippen LogP contribution in [0.15, 0.2) is 103 Å². The number of ketones is 1. The van der Waals surface area contributed by atoms with Gasteiger partial charge in [0, 0.05) is 28.7 Å². The maximum absolute atomic E-state index is 12.9. The number of allylic oxidation sites excluding steroid dienone is 1. The smallest absolute Gasteiger partial charge is 0.343 e. The number of Topliss-reactive ketones (excluding diaryl/α,β-unsaturated/α-hetero) is 1. The Labute approximate surface area is 383 Å². The van der Waals surface area contributed by atoms with Gasteiger partial charge in [0.05, 0.1) is 37.8 Å². The van der Waals surface area contributed by atoms with Crippen LogP contribution < -0.4 is 18.9 Å². The molecule has 3 aromatic rings. The molecule has 0 amide bonds. The Morgan fingerprint density at radius 3 is 1.41 bits per heavy atom. The molecule has 0 radical (unpaired) electrons. The summed E-state index contributed by atoms with van der Waals surface area (Å²) in [6, 6.07) is 19.6. The predicted molar refractivity (Wildman–Crippen MR) is 256 cm³/mol. The molecule has 0 N–H and O–H groups in total. The number of esters is 3. The monoisotopic (exact) mass is 883 g/mol. The molecule has 64 heavy (non-hydrogen) atoms. The first kappa shape index (κ1) is 54.5. The standard InChI is InChI=1S/C36H50O6.C18H24O4/c1-8-9-10-11-14-17-28(4)41-33-23-22-31(26-32(33)36(5,6)7)42-35(38)29-18-20-30(21-19-29)39-24-15-12-13-16-25-40-34(37)27(2)3;1-14(2)18(20)22-13-7-5-4-6-12-21-17-10-8-16(9-11-17)15(3)19/h18-23,26H,2,4,8-17,24-25H2,1,3,5-7H3;8-11H,1,4-7,12-13H2,2-3H3. The molecule has 350 valence electrons. The van der Waals surface area contributed by atoms with Crippen LogP contribution in [0.2, 0.25) is 0 Å². The fourth-order valence-corrected chi connectivity index (χ4v) is 6.09. The number of carbonyl (C=O) groups excluding carboxylic acids is 4. The number of rotatable bonds is 29. The Morgan fingerprint density at radius 1 is 0.516 bits per heavy atom. The molecule has 0 aliphatic carbocycles. The molecular formula is C54H74O10. The summed E-state index contributed by atoms with van der Waals surface area (Å²) in [6.07, 6.45) is 14.3. The number of hydrogen-bond donors (Lipinski definition) is 0. The molecule has 0 aliphatic heterocycles. The molecule has 0 fully saturated rings. The minimum Gasteiger partial charge on any atom is -0.494 e. The lowest BCUT2D eigenvalue weighted by Crippen LogP contribution is -2.15. The number of ether oxygens (including phenoxy) is 6. The highest BCUT2D eigenvalue weighted by atomic mass is 16.5. The van der Waals surface area contributed by atoms with Gasteiger partial charge < -0.3 is 28.4 Å². The summed E-state index contributed by atoms with van der Waals surface area (Å²) >= 11 is 0. The largest absolute Gasteiger partial charge is 0.494 e. The highest BCUT2D eigenvalue weighted by Gasteiger charge is 2.22. The number of hydrogen-bond acceptors (Lipinski definition) is 10. The van der Waals surface area contributed by atoms with E-state index in [0.717, 1.165) is 87.0 Å². The van der Waals surface area contributed by atoms with Crippen molar-refractivity contribution in [3.8, 4) is 23.0 Å². The Morgan fingerprint density at radius 2 is 0.953 bits per heavy atom. The summed E-state index contributed by atoms with van der Waals surface area (Å²) < 4.78 is 33.4. The van der Waals surface area contributed by atoms with E-state index < -0.39 is 5.97 Å². The molecule has 0 spiro atoms. The summed E-state index contributed by atoms with van der Waals surface area (Å²) in [4.78, 5) is 46.5. The Hall–Kier alpha value is -5.64. The third kappa shape index (κ3) is 23.2. The van der Waals surface area contributed by atoms with Gasteiger partial charge >= 0.3 is 17.9 Å². The van der Waals surface area contributed by atoms with Gasteiger partial charge in [0.1, 0.15) is 23.0 Å². The average Bonchev–Trinajstić information content (AvgIpc) is 3.25. The summed E-state index contributed by atoms with van der Waals surface area (Å²) in [5.74, 6) is 2.41. The first-order chi connectivity index (χ1) is 30.5. The van der Waals surface area contributed by atoms with Crippen molar-refractivity contribution >= 4 is 23.7 Å². The third-order valence-corrected chi connectivity index (χ3v) is 9.91. The Balaban J connectivity index is 0.000000537. The second-order valence-electron chi connectivity index (χ2n) is 17.1. The topological polar surface area (TPSA) is 124 Å². The molecule has 10 heteroatoms. The molecule has 0 aromatic heterocycles. The van der Waals surface area contributed by atoms with Crippen molar-refractivity contribution in [3.05, 3.63) is 120 Å². The van der Waals surface area contributed by atoms with E-state index in [1.54, 1.807) is 63.2 Å². The van der Waals surface area contributed by atoms with Gasteiger partial charge in [-0.1, -0.05) is 73.1 Å². The van der Waals surface area contributed by atoms with E-state index in [-0.39, 0.29) is 23.1 Å². The maximum Gasteiger partial charge on any atom is 0.343 e. The van der Waals surface area contributed by atoms with Gasteiger partial charge in [0.15, 0.2) is 5.78 Å². The van der Waals surface area contributed by atoms with Crippen LogP contribution in [0.25, 0.3) is 0 Å². The van der Waals surface area contributed by atoms with Crippen LogP contribution in [-0.4, -0.2) is 50.1 Å². The van der Waals surface area contributed by atoms with Crippen molar-refractivity contribution in [2.75, 3.05) is 26.4 Å². The van der Waals surface area contributed by atoms with Crippen LogP contribution in [0.1, 0.15) is 165 Å². The highest BCUT2D eigenvalue weighted by molar-refractivity contribution is 5.94. The molecule has 0 aliphatic rings.